The van der Waals surface area contributed by atoms with Gasteiger partial charge in [0.05, 0.1) is 5.41 Å². The van der Waals surface area contributed by atoms with E-state index in [1.807, 2.05) is 60.7 Å². The van der Waals surface area contributed by atoms with Crippen molar-refractivity contribution in [1.29, 1.82) is 0 Å². The second-order valence-corrected chi connectivity index (χ2v) is 13.0. The van der Waals surface area contributed by atoms with Crippen molar-refractivity contribution < 1.29 is 9.52 Å². The van der Waals surface area contributed by atoms with E-state index in [1.54, 1.807) is 0 Å². The van der Waals surface area contributed by atoms with Crippen molar-refractivity contribution in [2.24, 2.45) is 0 Å². The molecular formula is C44H27ClO2. The van der Waals surface area contributed by atoms with Crippen molar-refractivity contribution in [3.8, 4) is 22.3 Å². The Morgan fingerprint density at radius 2 is 0.894 bits per heavy atom. The molecule has 0 saturated carbocycles. The zero-order valence-electron chi connectivity index (χ0n) is 25.2. The number of hydrogen-bond donors (Lipinski definition) is 1. The average Bonchev–Trinajstić information content (AvgIpc) is 3.65. The molecule has 10 rings (SSSR count). The summed E-state index contributed by atoms with van der Waals surface area (Å²) in [6, 6.07) is 54.3. The quantitative estimate of drug-likeness (QED) is 0.208. The summed E-state index contributed by atoms with van der Waals surface area (Å²) in [5.74, 6) is 0. The molecule has 1 heterocycles. The maximum absolute atomic E-state index is 13.7. The van der Waals surface area contributed by atoms with Gasteiger partial charge >= 0.3 is 0 Å². The number of fused-ring (bicyclic) bond motifs is 12. The van der Waals surface area contributed by atoms with Crippen molar-refractivity contribution in [3.63, 3.8) is 0 Å². The number of para-hydroxylation sites is 2. The number of hydrogen-bond acceptors (Lipinski definition) is 2. The molecule has 2 aliphatic carbocycles. The topological polar surface area (TPSA) is 33.4 Å². The van der Waals surface area contributed by atoms with E-state index in [9.17, 15) is 5.11 Å². The van der Waals surface area contributed by atoms with Gasteiger partial charge in [0.15, 0.2) is 0 Å². The number of aliphatic hydroxyl groups is 1. The molecule has 0 saturated heterocycles. The first kappa shape index (κ1) is 26.8. The smallest absolute Gasteiger partial charge is 0.143 e. The first-order valence-electron chi connectivity index (χ1n) is 15.9. The lowest BCUT2D eigenvalue weighted by atomic mass is 9.56. The van der Waals surface area contributed by atoms with E-state index in [2.05, 4.69) is 97.1 Å². The Hall–Kier alpha value is -5.41. The van der Waals surface area contributed by atoms with Crippen LogP contribution in [0.3, 0.4) is 0 Å². The van der Waals surface area contributed by atoms with Crippen molar-refractivity contribution in [3.05, 3.63) is 202 Å². The van der Waals surface area contributed by atoms with E-state index in [0.717, 1.165) is 55.3 Å². The monoisotopic (exact) mass is 622 g/mol. The molecule has 2 nitrogen and oxygen atoms in total. The lowest BCUT2D eigenvalue weighted by molar-refractivity contribution is 0.119. The molecule has 8 aromatic rings. The minimum Gasteiger partial charge on any atom is -0.455 e. The number of halogens is 1. The maximum Gasteiger partial charge on any atom is 0.143 e. The van der Waals surface area contributed by atoms with Gasteiger partial charge in [0, 0.05) is 32.5 Å². The second kappa shape index (κ2) is 9.56. The standard InChI is InChI=1S/C44H27ClO2/c45-39-25-12-24-38(41(39)31-17-11-16-30-29-15-3-10-26-40(29)47-42(30)31)44(46)36-22-8-6-20-34(36)43(35-21-7-9-23-37(35)44)32-18-4-1-13-27(32)28-14-2-5-19-33(28)43/h1-26,46H. The van der Waals surface area contributed by atoms with E-state index >= 15 is 0 Å². The Morgan fingerprint density at radius 1 is 0.426 bits per heavy atom. The van der Waals surface area contributed by atoms with E-state index < -0.39 is 11.0 Å². The minimum atomic E-state index is -1.53. The molecule has 0 atom stereocenters. The Bertz CT molecular complexity index is 2480. The molecule has 3 heteroatoms. The lowest BCUT2D eigenvalue weighted by Crippen LogP contribution is -2.44. The summed E-state index contributed by atoms with van der Waals surface area (Å²) >= 11 is 7.20. The van der Waals surface area contributed by atoms with Gasteiger partial charge in [-0.3, -0.25) is 0 Å². The third kappa shape index (κ3) is 3.29. The molecule has 0 aliphatic heterocycles. The number of furan rings is 1. The first-order chi connectivity index (χ1) is 23.1. The van der Waals surface area contributed by atoms with Gasteiger partial charge in [-0.05, 0) is 56.6 Å². The molecule has 222 valence electrons. The summed E-state index contributed by atoms with van der Waals surface area (Å²) in [7, 11) is 0. The fraction of sp³-hybridized carbons (Fsp3) is 0.0455. The summed E-state index contributed by atoms with van der Waals surface area (Å²) in [5, 5.41) is 16.3. The average molecular weight is 623 g/mol. The van der Waals surface area contributed by atoms with Crippen LogP contribution in [0.25, 0.3) is 44.2 Å². The highest BCUT2D eigenvalue weighted by molar-refractivity contribution is 6.34. The molecule has 1 spiro atoms. The minimum absolute atomic E-state index is 0.552. The molecule has 0 amide bonds. The van der Waals surface area contributed by atoms with Gasteiger partial charge in [-0.1, -0.05) is 157 Å². The van der Waals surface area contributed by atoms with Crippen molar-refractivity contribution >= 4 is 33.5 Å². The van der Waals surface area contributed by atoms with Crippen LogP contribution >= 0.6 is 11.6 Å². The van der Waals surface area contributed by atoms with Crippen molar-refractivity contribution in [2.45, 2.75) is 11.0 Å². The fourth-order valence-corrected chi connectivity index (χ4v) is 8.97. The largest absolute Gasteiger partial charge is 0.455 e. The van der Waals surface area contributed by atoms with Crippen LogP contribution in [0.4, 0.5) is 0 Å². The lowest BCUT2D eigenvalue weighted by Gasteiger charge is -2.47. The van der Waals surface area contributed by atoms with Gasteiger partial charge in [0.25, 0.3) is 0 Å². The molecule has 2 aliphatic rings. The SMILES string of the molecule is OC1(c2cccc(Cl)c2-c2cccc3c2oc2ccccc23)c2ccccc2C2(c3ccccc3-c3ccccc32)c2ccccc21. The predicted molar refractivity (Wildman–Crippen MR) is 190 cm³/mol. The van der Waals surface area contributed by atoms with Crippen molar-refractivity contribution in [2.75, 3.05) is 0 Å². The van der Waals surface area contributed by atoms with Crippen LogP contribution in [0.5, 0.6) is 0 Å². The molecule has 1 aromatic heterocycles. The van der Waals surface area contributed by atoms with E-state index in [0.29, 0.717) is 10.6 Å². The molecular weight excluding hydrogens is 596 g/mol. The Balaban J connectivity index is 1.33. The number of benzene rings is 7. The van der Waals surface area contributed by atoms with Gasteiger partial charge < -0.3 is 9.52 Å². The fourth-order valence-electron chi connectivity index (χ4n) is 8.69. The molecule has 0 bridgehead atoms. The second-order valence-electron chi connectivity index (χ2n) is 12.6. The molecule has 1 N–H and O–H groups in total. The van der Waals surface area contributed by atoms with Gasteiger partial charge in [-0.15, -0.1) is 0 Å². The summed E-state index contributed by atoms with van der Waals surface area (Å²) in [4.78, 5) is 0. The number of rotatable bonds is 2. The summed E-state index contributed by atoms with van der Waals surface area (Å²) in [5.41, 5.74) is 10.4. The molecule has 0 radical (unpaired) electrons. The first-order valence-corrected chi connectivity index (χ1v) is 16.3. The van der Waals surface area contributed by atoms with E-state index in [1.165, 1.54) is 22.3 Å². The van der Waals surface area contributed by atoms with Crippen LogP contribution in [-0.4, -0.2) is 5.11 Å². The summed E-state index contributed by atoms with van der Waals surface area (Å²) < 4.78 is 6.52. The highest BCUT2D eigenvalue weighted by atomic mass is 35.5. The Kier molecular flexibility index (Phi) is 5.44. The van der Waals surface area contributed by atoms with E-state index in [-0.39, 0.29) is 0 Å². The van der Waals surface area contributed by atoms with Gasteiger partial charge in [-0.25, -0.2) is 0 Å². The summed E-state index contributed by atoms with van der Waals surface area (Å²) in [6.45, 7) is 0. The van der Waals surface area contributed by atoms with Crippen LogP contribution in [-0.2, 0) is 11.0 Å². The third-order valence-electron chi connectivity index (χ3n) is 10.5. The van der Waals surface area contributed by atoms with Crippen LogP contribution in [0.1, 0.15) is 38.9 Å². The van der Waals surface area contributed by atoms with Crippen LogP contribution in [0.2, 0.25) is 5.02 Å². The van der Waals surface area contributed by atoms with E-state index in [4.69, 9.17) is 16.0 Å². The zero-order valence-corrected chi connectivity index (χ0v) is 26.0. The summed E-state index contributed by atoms with van der Waals surface area (Å²) in [6.07, 6.45) is 0. The predicted octanol–water partition coefficient (Wildman–Crippen LogP) is 10.9. The van der Waals surface area contributed by atoms with Crippen molar-refractivity contribution in [1.82, 2.24) is 0 Å². The molecule has 47 heavy (non-hydrogen) atoms. The Morgan fingerprint density at radius 3 is 1.55 bits per heavy atom. The van der Waals surface area contributed by atoms with Gasteiger partial charge in [-0.2, -0.15) is 0 Å². The maximum atomic E-state index is 13.7. The molecule has 0 fully saturated rings. The normalized spacial score (nSPS) is 14.9. The highest BCUT2D eigenvalue weighted by Gasteiger charge is 2.56. The third-order valence-corrected chi connectivity index (χ3v) is 10.8. The van der Waals surface area contributed by atoms with Crippen LogP contribution in [0, 0.1) is 0 Å². The molecule has 0 unspecified atom stereocenters. The Labute approximate surface area is 277 Å². The molecule has 7 aromatic carbocycles. The highest BCUT2D eigenvalue weighted by Crippen LogP contribution is 2.63. The van der Waals surface area contributed by atoms with Gasteiger partial charge in [0.2, 0.25) is 0 Å². The van der Waals surface area contributed by atoms with Gasteiger partial charge in [0.1, 0.15) is 16.8 Å². The van der Waals surface area contributed by atoms with Crippen LogP contribution in [0.15, 0.2) is 162 Å². The van der Waals surface area contributed by atoms with Crippen LogP contribution < -0.4 is 0 Å². The zero-order chi connectivity index (χ0) is 31.3.